The lowest BCUT2D eigenvalue weighted by Crippen LogP contribution is -2.60. The van der Waals surface area contributed by atoms with Gasteiger partial charge in [-0.1, -0.05) is 18.0 Å². The smallest absolute Gasteiger partial charge is 0.308 e. The molecular weight excluding hydrogens is 414 g/mol. The predicted molar refractivity (Wildman–Crippen MR) is 113 cm³/mol. The number of hydrogen-bond acceptors (Lipinski definition) is 5. The van der Waals surface area contributed by atoms with Gasteiger partial charge in [-0.25, -0.2) is 0 Å². The zero-order valence-electron chi connectivity index (χ0n) is 16.0. The van der Waals surface area contributed by atoms with Gasteiger partial charge in [-0.3, -0.25) is 19.7 Å². The summed E-state index contributed by atoms with van der Waals surface area (Å²) in [6, 6.07) is 5.58. The first-order valence-corrected chi connectivity index (χ1v) is 10.6. The van der Waals surface area contributed by atoms with Gasteiger partial charge < -0.3 is 15.0 Å². The number of hydrogen-bond donors (Lipinski definition) is 2. The second-order valence-corrected chi connectivity index (χ2v) is 8.04. The van der Waals surface area contributed by atoms with E-state index in [2.05, 4.69) is 10.6 Å². The second-order valence-electron chi connectivity index (χ2n) is 7.22. The molecule has 2 amide bonds. The lowest BCUT2D eigenvalue weighted by molar-refractivity contribution is -0.153. The van der Waals surface area contributed by atoms with Gasteiger partial charge in [-0.2, -0.15) is 0 Å². The molecule has 1 aliphatic carbocycles. The molecule has 29 heavy (non-hydrogen) atoms. The van der Waals surface area contributed by atoms with Crippen LogP contribution in [0.5, 0.6) is 0 Å². The Labute approximate surface area is 180 Å². The third-order valence-corrected chi connectivity index (χ3v) is 5.72. The molecule has 1 atom stereocenters. The van der Waals surface area contributed by atoms with Gasteiger partial charge in [-0.05, 0) is 62.2 Å². The van der Waals surface area contributed by atoms with Crippen LogP contribution in [0.25, 0.3) is 0 Å². The highest BCUT2D eigenvalue weighted by atomic mass is 35.5. The number of nitrogens with one attached hydrogen (secondary N) is 2. The van der Waals surface area contributed by atoms with Crippen LogP contribution in [0.2, 0.25) is 5.02 Å². The van der Waals surface area contributed by atoms with Crippen LogP contribution in [-0.4, -0.2) is 53.0 Å². The third-order valence-electron chi connectivity index (χ3n) is 5.13. The molecule has 0 spiro atoms. The fourth-order valence-corrected chi connectivity index (χ4v) is 4.02. The van der Waals surface area contributed by atoms with Crippen molar-refractivity contribution in [2.24, 2.45) is 0 Å². The van der Waals surface area contributed by atoms with Gasteiger partial charge in [0.15, 0.2) is 5.11 Å². The zero-order chi connectivity index (χ0) is 20.8. The Bertz CT molecular complexity index is 780. The van der Waals surface area contributed by atoms with Crippen LogP contribution in [-0.2, 0) is 14.3 Å². The monoisotopic (exact) mass is 437 g/mol. The van der Waals surface area contributed by atoms with E-state index in [1.54, 1.807) is 29.2 Å². The van der Waals surface area contributed by atoms with E-state index in [0.29, 0.717) is 23.7 Å². The molecule has 1 saturated heterocycles. The number of rotatable bonds is 4. The molecule has 0 aromatic heterocycles. The Morgan fingerprint density at radius 1 is 1.21 bits per heavy atom. The van der Waals surface area contributed by atoms with Crippen LogP contribution < -0.4 is 10.6 Å². The number of carbonyl (C=O) groups is 3. The maximum Gasteiger partial charge on any atom is 0.308 e. The van der Waals surface area contributed by atoms with E-state index in [4.69, 9.17) is 28.6 Å². The fraction of sp³-hybridized carbons (Fsp3) is 0.500. The number of carbonyl (C=O) groups excluding carboxylic acids is 3. The number of piperazine rings is 1. The Balaban J connectivity index is 1.61. The van der Waals surface area contributed by atoms with E-state index in [9.17, 15) is 14.4 Å². The molecule has 2 N–H and O–H groups in total. The van der Waals surface area contributed by atoms with Gasteiger partial charge in [0.1, 0.15) is 12.1 Å². The standard InChI is InChI=1S/C20H24ClN3O4S/c21-14-8-6-13(7-9-14)18(26)23-20(29)24-11-10-22-19(27)16(24)12-17(25)28-15-4-2-1-3-5-15/h6-9,15-16H,1-5,10-12H2,(H,22,27)(H,23,26,29). The molecule has 9 heteroatoms. The van der Waals surface area contributed by atoms with Crippen molar-refractivity contribution < 1.29 is 19.1 Å². The van der Waals surface area contributed by atoms with Crippen LogP contribution in [0.1, 0.15) is 48.9 Å². The molecule has 1 aromatic rings. The van der Waals surface area contributed by atoms with Crippen molar-refractivity contribution in [2.75, 3.05) is 13.1 Å². The summed E-state index contributed by atoms with van der Waals surface area (Å²) in [7, 11) is 0. The average Bonchev–Trinajstić information content (AvgIpc) is 2.70. The summed E-state index contributed by atoms with van der Waals surface area (Å²) in [6.45, 7) is 0.775. The number of halogens is 1. The third kappa shape index (κ3) is 5.90. The van der Waals surface area contributed by atoms with Crippen LogP contribution in [0, 0.1) is 0 Å². The molecular formula is C20H24ClN3O4S. The van der Waals surface area contributed by atoms with Gasteiger partial charge in [0.25, 0.3) is 5.91 Å². The van der Waals surface area contributed by atoms with Crippen molar-refractivity contribution in [1.82, 2.24) is 15.5 Å². The predicted octanol–water partition coefficient (Wildman–Crippen LogP) is 2.42. The first kappa shape index (κ1) is 21.5. The Kier molecular flexibility index (Phi) is 7.44. The maximum absolute atomic E-state index is 12.4. The molecule has 1 aromatic carbocycles. The van der Waals surface area contributed by atoms with E-state index in [1.165, 1.54) is 0 Å². The SMILES string of the molecule is O=C(CC1C(=O)NCCN1C(=S)NC(=O)c1ccc(Cl)cc1)OC1CCCCC1. The van der Waals surface area contributed by atoms with Gasteiger partial charge in [0, 0.05) is 23.7 Å². The first-order chi connectivity index (χ1) is 13.9. The van der Waals surface area contributed by atoms with E-state index in [0.717, 1.165) is 32.1 Å². The number of thiocarbonyl (C=S) groups is 1. The van der Waals surface area contributed by atoms with E-state index in [1.807, 2.05) is 0 Å². The molecule has 0 bridgehead atoms. The minimum Gasteiger partial charge on any atom is -0.462 e. The Morgan fingerprint density at radius 3 is 2.59 bits per heavy atom. The topological polar surface area (TPSA) is 87.7 Å². The average molecular weight is 438 g/mol. The van der Waals surface area contributed by atoms with Crippen molar-refractivity contribution >= 4 is 46.7 Å². The van der Waals surface area contributed by atoms with Crippen LogP contribution in [0.3, 0.4) is 0 Å². The summed E-state index contributed by atoms with van der Waals surface area (Å²) in [5.74, 6) is -1.13. The summed E-state index contributed by atoms with van der Waals surface area (Å²) in [5.41, 5.74) is 0.395. The molecule has 1 heterocycles. The van der Waals surface area contributed by atoms with Crippen molar-refractivity contribution in [3.05, 3.63) is 34.9 Å². The van der Waals surface area contributed by atoms with Gasteiger partial charge in [0.05, 0.1) is 6.42 Å². The van der Waals surface area contributed by atoms with Crippen molar-refractivity contribution in [3.8, 4) is 0 Å². The highest BCUT2D eigenvalue weighted by Crippen LogP contribution is 2.21. The summed E-state index contributed by atoms with van der Waals surface area (Å²) in [5, 5.41) is 6.00. The van der Waals surface area contributed by atoms with E-state index in [-0.39, 0.29) is 23.5 Å². The Morgan fingerprint density at radius 2 is 1.90 bits per heavy atom. The summed E-state index contributed by atoms with van der Waals surface area (Å²) in [6.07, 6.45) is 4.80. The molecule has 1 aliphatic heterocycles. The molecule has 1 unspecified atom stereocenters. The molecule has 1 saturated carbocycles. The highest BCUT2D eigenvalue weighted by Gasteiger charge is 2.35. The first-order valence-electron chi connectivity index (χ1n) is 9.79. The number of ether oxygens (including phenoxy) is 1. The van der Waals surface area contributed by atoms with E-state index >= 15 is 0 Å². The summed E-state index contributed by atoms with van der Waals surface area (Å²) in [4.78, 5) is 38.8. The number of amides is 2. The van der Waals surface area contributed by atoms with Crippen molar-refractivity contribution in [3.63, 3.8) is 0 Å². The lowest BCUT2D eigenvalue weighted by atomic mass is 9.98. The molecule has 2 fully saturated rings. The number of nitrogens with zero attached hydrogens (tertiary/aromatic N) is 1. The molecule has 3 rings (SSSR count). The maximum atomic E-state index is 12.4. The Hall–Kier alpha value is -2.19. The zero-order valence-corrected chi connectivity index (χ0v) is 17.6. The number of benzene rings is 1. The second kappa shape index (κ2) is 10.0. The fourth-order valence-electron chi connectivity index (χ4n) is 3.58. The number of esters is 1. The largest absolute Gasteiger partial charge is 0.462 e. The minimum absolute atomic E-state index is 0.0760. The van der Waals surface area contributed by atoms with Gasteiger partial charge in [-0.15, -0.1) is 0 Å². The summed E-state index contributed by atoms with van der Waals surface area (Å²) < 4.78 is 5.54. The molecule has 156 valence electrons. The van der Waals surface area contributed by atoms with Gasteiger partial charge in [0.2, 0.25) is 5.91 Å². The van der Waals surface area contributed by atoms with Crippen molar-refractivity contribution in [2.45, 2.75) is 50.7 Å². The highest BCUT2D eigenvalue weighted by molar-refractivity contribution is 7.80. The quantitative estimate of drug-likeness (QED) is 0.555. The molecule has 0 radical (unpaired) electrons. The minimum atomic E-state index is -0.808. The molecule has 7 nitrogen and oxygen atoms in total. The lowest BCUT2D eigenvalue weighted by Gasteiger charge is -2.36. The van der Waals surface area contributed by atoms with E-state index < -0.39 is 17.9 Å². The summed E-state index contributed by atoms with van der Waals surface area (Å²) >= 11 is 11.2. The normalized spacial score (nSPS) is 20.0. The van der Waals surface area contributed by atoms with Crippen LogP contribution >= 0.6 is 23.8 Å². The van der Waals surface area contributed by atoms with Crippen molar-refractivity contribution in [1.29, 1.82) is 0 Å². The van der Waals surface area contributed by atoms with Crippen LogP contribution in [0.15, 0.2) is 24.3 Å². The van der Waals surface area contributed by atoms with Gasteiger partial charge >= 0.3 is 5.97 Å². The molecule has 2 aliphatic rings. The van der Waals surface area contributed by atoms with Crippen LogP contribution in [0.4, 0.5) is 0 Å².